The van der Waals surface area contributed by atoms with Crippen LogP contribution in [0.4, 0.5) is 0 Å². The van der Waals surface area contributed by atoms with E-state index in [0.29, 0.717) is 17.9 Å². The van der Waals surface area contributed by atoms with E-state index in [9.17, 15) is 4.79 Å². The maximum absolute atomic E-state index is 12.8. The van der Waals surface area contributed by atoms with Gasteiger partial charge in [0, 0.05) is 19.6 Å². The van der Waals surface area contributed by atoms with Crippen LogP contribution >= 0.6 is 0 Å². The van der Waals surface area contributed by atoms with Gasteiger partial charge in [-0.15, -0.1) is 0 Å². The quantitative estimate of drug-likeness (QED) is 0.411. The van der Waals surface area contributed by atoms with E-state index in [0.717, 1.165) is 25.3 Å². The van der Waals surface area contributed by atoms with Crippen LogP contribution in [0.25, 0.3) is 0 Å². The molecule has 0 bridgehead atoms. The van der Waals surface area contributed by atoms with Gasteiger partial charge >= 0.3 is 0 Å². The van der Waals surface area contributed by atoms with E-state index in [1.807, 2.05) is 0 Å². The van der Waals surface area contributed by atoms with Crippen LogP contribution in [0, 0.1) is 23.2 Å². The Kier molecular flexibility index (Phi) is 10.1. The summed E-state index contributed by atoms with van der Waals surface area (Å²) in [6.07, 6.45) is 11.1. The predicted octanol–water partition coefficient (Wildman–Crippen LogP) is 5.58. The van der Waals surface area contributed by atoms with Crippen LogP contribution in [0.2, 0.25) is 0 Å². The highest BCUT2D eigenvalue weighted by atomic mass is 16.5. The van der Waals surface area contributed by atoms with Gasteiger partial charge in [-0.2, -0.15) is 0 Å². The molecule has 1 rings (SSSR count). The van der Waals surface area contributed by atoms with Gasteiger partial charge in [0.25, 0.3) is 0 Å². The summed E-state index contributed by atoms with van der Waals surface area (Å²) in [5.41, 5.74) is 0.127. The third kappa shape index (κ3) is 7.68. The Morgan fingerprint density at radius 1 is 1.24 bits per heavy atom. The second-order valence-corrected chi connectivity index (χ2v) is 9.02. The maximum Gasteiger partial charge on any atom is 0.223 e. The Balaban J connectivity index is 2.37. The number of ether oxygens (including phenoxy) is 1. The molecule has 0 aromatic rings. The molecule has 1 N–H and O–H groups in total. The van der Waals surface area contributed by atoms with Crippen LogP contribution in [0.5, 0.6) is 0 Å². The molecule has 3 nitrogen and oxygen atoms in total. The zero-order chi connectivity index (χ0) is 18.9. The third-order valence-electron chi connectivity index (χ3n) is 6.47. The highest BCUT2D eigenvalue weighted by molar-refractivity contribution is 5.79. The van der Waals surface area contributed by atoms with Gasteiger partial charge in [-0.3, -0.25) is 4.79 Å². The summed E-state index contributed by atoms with van der Waals surface area (Å²) in [6, 6.07) is 0. The number of hydrogen-bond donors (Lipinski definition) is 1. The molecule has 0 heterocycles. The average molecular weight is 354 g/mol. The minimum absolute atomic E-state index is 0.127. The molecule has 0 aromatic heterocycles. The summed E-state index contributed by atoms with van der Waals surface area (Å²) in [4.78, 5) is 12.8. The fraction of sp³-hybridized carbons (Fsp3) is 0.955. The van der Waals surface area contributed by atoms with E-state index in [-0.39, 0.29) is 11.3 Å². The number of rotatable bonds is 10. The monoisotopic (exact) mass is 353 g/mol. The van der Waals surface area contributed by atoms with E-state index in [1.54, 1.807) is 7.11 Å². The van der Waals surface area contributed by atoms with Crippen molar-refractivity contribution < 1.29 is 9.53 Å². The molecule has 1 aliphatic rings. The molecule has 3 unspecified atom stereocenters. The van der Waals surface area contributed by atoms with Gasteiger partial charge in [0.15, 0.2) is 0 Å². The Morgan fingerprint density at radius 3 is 2.60 bits per heavy atom. The smallest absolute Gasteiger partial charge is 0.223 e. The molecule has 0 aromatic carbocycles. The molecule has 25 heavy (non-hydrogen) atoms. The lowest BCUT2D eigenvalue weighted by molar-refractivity contribution is -0.130. The van der Waals surface area contributed by atoms with Gasteiger partial charge < -0.3 is 10.1 Å². The summed E-state index contributed by atoms with van der Waals surface area (Å²) in [7, 11) is 1.79. The average Bonchev–Trinajstić information content (AvgIpc) is 2.70. The van der Waals surface area contributed by atoms with Crippen LogP contribution in [0.15, 0.2) is 0 Å². The van der Waals surface area contributed by atoms with Crippen molar-refractivity contribution in [3.63, 3.8) is 0 Å². The molecule has 1 saturated carbocycles. The predicted molar refractivity (Wildman–Crippen MR) is 107 cm³/mol. The van der Waals surface area contributed by atoms with Crippen LogP contribution < -0.4 is 5.32 Å². The lowest BCUT2D eigenvalue weighted by Gasteiger charge is -2.35. The second kappa shape index (κ2) is 11.2. The molecule has 4 atom stereocenters. The molecule has 1 fully saturated rings. The van der Waals surface area contributed by atoms with Crippen LogP contribution in [0.3, 0.4) is 0 Å². The van der Waals surface area contributed by atoms with Crippen molar-refractivity contribution in [3.8, 4) is 0 Å². The number of carbonyl (C=O) groups excluding carboxylic acids is 1. The normalized spacial score (nSPS) is 25.8. The van der Waals surface area contributed by atoms with Crippen LogP contribution in [0.1, 0.15) is 92.4 Å². The van der Waals surface area contributed by atoms with Crippen molar-refractivity contribution >= 4 is 5.91 Å². The van der Waals surface area contributed by atoms with Gasteiger partial charge in [-0.25, -0.2) is 0 Å². The van der Waals surface area contributed by atoms with Crippen LogP contribution in [-0.4, -0.2) is 25.7 Å². The minimum Gasteiger partial charge on any atom is -0.382 e. The zero-order valence-corrected chi connectivity index (χ0v) is 17.7. The summed E-state index contributed by atoms with van der Waals surface area (Å²) < 4.78 is 5.35. The number of hydrogen-bond acceptors (Lipinski definition) is 2. The van der Waals surface area contributed by atoms with Gasteiger partial charge in [0.05, 0.1) is 6.10 Å². The molecule has 1 amide bonds. The molecular formula is C22H43NO2. The number of methoxy groups -OCH3 is 1. The SMILES string of the molecule is CCC(CCCNC(=O)[C@@H]1C(C)CCCCC1(C)C)CCC(C)OC. The van der Waals surface area contributed by atoms with Crippen molar-refractivity contribution in [3.05, 3.63) is 0 Å². The first-order valence-electron chi connectivity index (χ1n) is 10.6. The summed E-state index contributed by atoms with van der Waals surface area (Å²) in [6.45, 7) is 12.1. The number of nitrogens with one attached hydrogen (secondary N) is 1. The van der Waals surface area contributed by atoms with Gasteiger partial charge in [0.2, 0.25) is 5.91 Å². The summed E-state index contributed by atoms with van der Waals surface area (Å²) >= 11 is 0. The van der Waals surface area contributed by atoms with Crippen molar-refractivity contribution in [2.75, 3.05) is 13.7 Å². The molecule has 0 saturated heterocycles. The summed E-state index contributed by atoms with van der Waals surface area (Å²) in [5, 5.41) is 3.26. The molecule has 148 valence electrons. The largest absolute Gasteiger partial charge is 0.382 e. The standard InChI is InChI=1S/C22H43NO2/c1-7-19(14-13-18(3)25-6)12-10-16-23-21(24)20-17(2)11-8-9-15-22(20,4)5/h17-20H,7-16H2,1-6H3,(H,23,24)/t17?,18?,19?,20-/m0/s1. The Labute approximate surface area is 156 Å². The molecule has 0 aliphatic heterocycles. The molecule has 3 heteroatoms. The van der Waals surface area contributed by atoms with E-state index in [4.69, 9.17) is 4.74 Å². The van der Waals surface area contributed by atoms with Crippen LogP contribution in [-0.2, 0) is 9.53 Å². The third-order valence-corrected chi connectivity index (χ3v) is 6.47. The van der Waals surface area contributed by atoms with Crippen molar-refractivity contribution in [2.45, 2.75) is 98.5 Å². The first kappa shape index (κ1) is 22.5. The fourth-order valence-electron chi connectivity index (χ4n) is 4.61. The highest BCUT2D eigenvalue weighted by Gasteiger charge is 2.39. The first-order chi connectivity index (χ1) is 11.8. The van der Waals surface area contributed by atoms with E-state index < -0.39 is 0 Å². The first-order valence-corrected chi connectivity index (χ1v) is 10.6. The van der Waals surface area contributed by atoms with E-state index in [2.05, 4.69) is 39.9 Å². The van der Waals surface area contributed by atoms with Gasteiger partial charge in [-0.1, -0.05) is 47.0 Å². The number of carbonyl (C=O) groups is 1. The molecular weight excluding hydrogens is 310 g/mol. The lowest BCUT2D eigenvalue weighted by Crippen LogP contribution is -2.42. The van der Waals surface area contributed by atoms with Gasteiger partial charge in [0.1, 0.15) is 0 Å². The van der Waals surface area contributed by atoms with E-state index >= 15 is 0 Å². The highest BCUT2D eigenvalue weighted by Crippen LogP contribution is 2.42. The second-order valence-electron chi connectivity index (χ2n) is 9.02. The lowest BCUT2D eigenvalue weighted by atomic mass is 9.70. The minimum atomic E-state index is 0.127. The molecule has 1 aliphatic carbocycles. The van der Waals surface area contributed by atoms with Gasteiger partial charge in [-0.05, 0) is 62.7 Å². The van der Waals surface area contributed by atoms with E-state index in [1.165, 1.54) is 44.9 Å². The molecule has 0 spiro atoms. The Morgan fingerprint density at radius 2 is 1.96 bits per heavy atom. The maximum atomic E-state index is 12.8. The van der Waals surface area contributed by atoms with Crippen molar-refractivity contribution in [2.24, 2.45) is 23.2 Å². The Hall–Kier alpha value is -0.570. The summed E-state index contributed by atoms with van der Waals surface area (Å²) in [5.74, 6) is 1.71. The molecule has 0 radical (unpaired) electrons. The topological polar surface area (TPSA) is 38.3 Å². The Bertz CT molecular complexity index is 380. The fourth-order valence-corrected chi connectivity index (χ4v) is 4.61. The van der Waals surface area contributed by atoms with Crippen molar-refractivity contribution in [1.29, 1.82) is 0 Å². The van der Waals surface area contributed by atoms with Crippen molar-refractivity contribution in [1.82, 2.24) is 5.32 Å². The zero-order valence-electron chi connectivity index (χ0n) is 17.7. The number of amides is 1.